The zero-order chi connectivity index (χ0) is 15.2. The maximum absolute atomic E-state index is 3.59. The van der Waals surface area contributed by atoms with Crippen LogP contribution in [0.5, 0.6) is 0 Å². The predicted molar refractivity (Wildman–Crippen MR) is 94.0 cm³/mol. The predicted octanol–water partition coefficient (Wildman–Crippen LogP) is 5.38. The van der Waals surface area contributed by atoms with Gasteiger partial charge < -0.3 is 5.32 Å². The maximum atomic E-state index is 3.59. The van der Waals surface area contributed by atoms with Crippen molar-refractivity contribution < 1.29 is 0 Å². The van der Waals surface area contributed by atoms with Gasteiger partial charge in [0.1, 0.15) is 0 Å². The third-order valence-electron chi connectivity index (χ3n) is 3.87. The molecule has 1 N–H and O–H groups in total. The highest BCUT2D eigenvalue weighted by atomic mass is 32.2. The van der Waals surface area contributed by atoms with E-state index < -0.39 is 0 Å². The third-order valence-corrected chi connectivity index (χ3v) is 4.62. The van der Waals surface area contributed by atoms with Crippen LogP contribution in [0.3, 0.4) is 0 Å². The highest BCUT2D eigenvalue weighted by Crippen LogP contribution is 2.19. The average molecular weight is 299 g/mol. The first-order chi connectivity index (χ1) is 10.1. The monoisotopic (exact) mass is 299 g/mol. The van der Waals surface area contributed by atoms with Gasteiger partial charge in [0.05, 0.1) is 0 Å². The Hall–Kier alpha value is -1.25. The summed E-state index contributed by atoms with van der Waals surface area (Å²) in [5, 5.41) is 3.59. The molecule has 0 saturated carbocycles. The zero-order valence-electron chi connectivity index (χ0n) is 13.4. The SMILES string of the molecule is CSc1ccc(CNC(C)c2ccc(C(C)C)cc2)cc1. The smallest absolute Gasteiger partial charge is 0.0294 e. The van der Waals surface area contributed by atoms with Crippen LogP contribution in [0, 0.1) is 0 Å². The molecule has 0 aliphatic rings. The number of benzene rings is 2. The standard InChI is InChI=1S/C19H25NS/c1-14(2)17-7-9-18(10-8-17)15(3)20-13-16-5-11-19(21-4)12-6-16/h5-12,14-15,20H,13H2,1-4H3. The molecule has 0 aliphatic heterocycles. The van der Waals surface area contributed by atoms with E-state index in [0.717, 1.165) is 6.54 Å². The molecule has 1 nitrogen and oxygen atoms in total. The fourth-order valence-corrected chi connectivity index (χ4v) is 2.71. The van der Waals surface area contributed by atoms with Gasteiger partial charge in [0.2, 0.25) is 0 Å². The van der Waals surface area contributed by atoms with Crippen LogP contribution in [0.2, 0.25) is 0 Å². The van der Waals surface area contributed by atoms with Gasteiger partial charge in [-0.2, -0.15) is 0 Å². The van der Waals surface area contributed by atoms with Gasteiger partial charge in [-0.25, -0.2) is 0 Å². The van der Waals surface area contributed by atoms with Gasteiger partial charge in [0.25, 0.3) is 0 Å². The lowest BCUT2D eigenvalue weighted by atomic mass is 9.99. The van der Waals surface area contributed by atoms with Crippen molar-refractivity contribution >= 4 is 11.8 Å². The molecule has 0 aromatic heterocycles. The molecule has 112 valence electrons. The minimum absolute atomic E-state index is 0.367. The van der Waals surface area contributed by atoms with Crippen LogP contribution in [0.1, 0.15) is 49.4 Å². The number of hydrogen-bond donors (Lipinski definition) is 1. The van der Waals surface area contributed by atoms with E-state index in [1.807, 2.05) is 0 Å². The van der Waals surface area contributed by atoms with Gasteiger partial charge in [-0.3, -0.25) is 0 Å². The Morgan fingerprint density at radius 3 is 1.95 bits per heavy atom. The third kappa shape index (κ3) is 4.62. The van der Waals surface area contributed by atoms with Gasteiger partial charge in [-0.05, 0) is 47.9 Å². The number of rotatable bonds is 6. The van der Waals surface area contributed by atoms with Crippen LogP contribution in [0.25, 0.3) is 0 Å². The van der Waals surface area contributed by atoms with Crippen molar-refractivity contribution in [1.29, 1.82) is 0 Å². The molecular formula is C19H25NS. The second-order valence-electron chi connectivity index (χ2n) is 5.77. The molecule has 0 radical (unpaired) electrons. The Balaban J connectivity index is 1.92. The normalized spacial score (nSPS) is 12.6. The fraction of sp³-hybridized carbons (Fsp3) is 0.368. The Kier molecular flexibility index (Phi) is 5.89. The van der Waals surface area contributed by atoms with E-state index in [-0.39, 0.29) is 0 Å². The number of hydrogen-bond acceptors (Lipinski definition) is 2. The molecule has 1 atom stereocenters. The molecule has 0 spiro atoms. The van der Waals surface area contributed by atoms with E-state index in [2.05, 4.69) is 80.9 Å². The Labute approximate surface area is 133 Å². The van der Waals surface area contributed by atoms with E-state index in [1.54, 1.807) is 11.8 Å². The maximum Gasteiger partial charge on any atom is 0.0294 e. The minimum Gasteiger partial charge on any atom is -0.306 e. The fourth-order valence-electron chi connectivity index (χ4n) is 2.30. The number of thioether (sulfide) groups is 1. The van der Waals surface area contributed by atoms with Gasteiger partial charge >= 0.3 is 0 Å². The molecule has 0 amide bonds. The second-order valence-corrected chi connectivity index (χ2v) is 6.65. The van der Waals surface area contributed by atoms with Crippen molar-refractivity contribution in [2.45, 2.75) is 44.2 Å². The van der Waals surface area contributed by atoms with E-state index in [9.17, 15) is 0 Å². The first kappa shape index (κ1) is 16.1. The van der Waals surface area contributed by atoms with Crippen LogP contribution in [0.15, 0.2) is 53.4 Å². The molecule has 2 aromatic carbocycles. The summed E-state index contributed by atoms with van der Waals surface area (Å²) in [4.78, 5) is 1.32. The number of nitrogens with one attached hydrogen (secondary N) is 1. The van der Waals surface area contributed by atoms with Gasteiger partial charge in [0.15, 0.2) is 0 Å². The summed E-state index contributed by atoms with van der Waals surface area (Å²) in [6, 6.07) is 18.1. The lowest BCUT2D eigenvalue weighted by Gasteiger charge is -2.15. The van der Waals surface area contributed by atoms with E-state index >= 15 is 0 Å². The van der Waals surface area contributed by atoms with Crippen molar-refractivity contribution in [1.82, 2.24) is 5.32 Å². The molecule has 0 saturated heterocycles. The first-order valence-electron chi connectivity index (χ1n) is 7.56. The van der Waals surface area contributed by atoms with Crippen LogP contribution in [-0.4, -0.2) is 6.26 Å². The molecule has 0 heterocycles. The molecular weight excluding hydrogens is 274 g/mol. The van der Waals surface area contributed by atoms with Crippen molar-refractivity contribution in [3.05, 3.63) is 65.2 Å². The molecule has 0 bridgehead atoms. The summed E-state index contributed by atoms with van der Waals surface area (Å²) in [6.07, 6.45) is 2.11. The van der Waals surface area contributed by atoms with E-state index in [0.29, 0.717) is 12.0 Å². The highest BCUT2D eigenvalue weighted by molar-refractivity contribution is 7.98. The highest BCUT2D eigenvalue weighted by Gasteiger charge is 2.06. The quantitative estimate of drug-likeness (QED) is 0.718. The van der Waals surface area contributed by atoms with Crippen LogP contribution in [0.4, 0.5) is 0 Å². The summed E-state index contributed by atoms with van der Waals surface area (Å²) in [5.41, 5.74) is 4.08. The zero-order valence-corrected chi connectivity index (χ0v) is 14.2. The average Bonchev–Trinajstić information content (AvgIpc) is 2.53. The summed E-state index contributed by atoms with van der Waals surface area (Å²) < 4.78 is 0. The van der Waals surface area contributed by atoms with E-state index in [4.69, 9.17) is 0 Å². The van der Waals surface area contributed by atoms with Crippen molar-refractivity contribution in [3.8, 4) is 0 Å². The second kappa shape index (κ2) is 7.67. The van der Waals surface area contributed by atoms with Gasteiger partial charge in [-0.15, -0.1) is 11.8 Å². The topological polar surface area (TPSA) is 12.0 Å². The molecule has 2 heteroatoms. The van der Waals surface area contributed by atoms with Gasteiger partial charge in [-0.1, -0.05) is 50.2 Å². The van der Waals surface area contributed by atoms with Crippen LogP contribution in [-0.2, 0) is 6.54 Å². The molecule has 2 aromatic rings. The van der Waals surface area contributed by atoms with Crippen molar-refractivity contribution in [2.24, 2.45) is 0 Å². The minimum atomic E-state index is 0.367. The molecule has 2 rings (SSSR count). The molecule has 0 fully saturated rings. The van der Waals surface area contributed by atoms with Crippen LogP contribution >= 0.6 is 11.8 Å². The summed E-state index contributed by atoms with van der Waals surface area (Å²) in [6.45, 7) is 7.59. The largest absolute Gasteiger partial charge is 0.306 e. The molecule has 21 heavy (non-hydrogen) atoms. The Morgan fingerprint density at radius 2 is 1.43 bits per heavy atom. The summed E-state index contributed by atoms with van der Waals surface area (Å²) in [5.74, 6) is 0.595. The van der Waals surface area contributed by atoms with Crippen LogP contribution < -0.4 is 5.32 Å². The summed E-state index contributed by atoms with van der Waals surface area (Å²) in [7, 11) is 0. The lowest BCUT2D eigenvalue weighted by molar-refractivity contribution is 0.574. The molecule has 1 unspecified atom stereocenters. The van der Waals surface area contributed by atoms with Crippen molar-refractivity contribution in [2.75, 3.05) is 6.26 Å². The summed E-state index contributed by atoms with van der Waals surface area (Å²) >= 11 is 1.78. The van der Waals surface area contributed by atoms with E-state index in [1.165, 1.54) is 21.6 Å². The molecule has 0 aliphatic carbocycles. The van der Waals surface area contributed by atoms with Gasteiger partial charge in [0, 0.05) is 17.5 Å². The lowest BCUT2D eigenvalue weighted by Crippen LogP contribution is -2.18. The van der Waals surface area contributed by atoms with Crippen molar-refractivity contribution in [3.63, 3.8) is 0 Å². The Morgan fingerprint density at radius 1 is 0.857 bits per heavy atom. The Bertz CT molecular complexity index is 543. The first-order valence-corrected chi connectivity index (χ1v) is 8.79.